The number of aliphatic carboxylic acids is 1. The molecule has 0 aliphatic heterocycles. The van der Waals surface area contributed by atoms with Crippen molar-refractivity contribution in [1.29, 1.82) is 16.2 Å². The Hall–Kier alpha value is -11.5. The number of nitrogens with two attached hydrogens (primary N) is 8. The fourth-order valence-corrected chi connectivity index (χ4v) is 12.2. The molecule has 0 aliphatic carbocycles. The van der Waals surface area contributed by atoms with E-state index in [1.165, 1.54) is 11.8 Å². The number of carbonyl (C=O) groups excluding carboxylic acids is 14. The number of carboxylic acids is 1. The summed E-state index contributed by atoms with van der Waals surface area (Å²) < 4.78 is 0. The first-order valence-electron chi connectivity index (χ1n) is 37.3. The quantitative estimate of drug-likeness (QED) is 0.0108. The summed E-state index contributed by atoms with van der Waals surface area (Å²) in [5.74, 6) is -17.2. The minimum atomic E-state index is -1.93. The highest BCUT2D eigenvalue weighted by molar-refractivity contribution is 7.98. The Balaban J connectivity index is 2.07. The van der Waals surface area contributed by atoms with Crippen LogP contribution < -0.4 is 120 Å². The van der Waals surface area contributed by atoms with E-state index in [4.69, 9.17) is 62.1 Å². The number of H-pyrrole nitrogens is 1. The predicted molar refractivity (Wildman–Crippen MR) is 432 cm³/mol. The van der Waals surface area contributed by atoms with Crippen molar-refractivity contribution in [3.05, 3.63) is 71.9 Å². The molecular weight excluding hydrogens is 1540 g/mol. The van der Waals surface area contributed by atoms with Gasteiger partial charge >= 0.3 is 5.97 Å². The minimum Gasteiger partial charge on any atom is -0.480 e. The van der Waals surface area contributed by atoms with E-state index < -0.39 is 211 Å². The van der Waals surface area contributed by atoms with Crippen molar-refractivity contribution < 1.29 is 77.0 Å². The number of primary amides is 3. The monoisotopic (exact) mass is 1650 g/mol. The third-order valence-corrected chi connectivity index (χ3v) is 18.8. The van der Waals surface area contributed by atoms with E-state index in [0.717, 1.165) is 0 Å². The molecule has 115 heavy (non-hydrogen) atoms. The summed E-state index contributed by atoms with van der Waals surface area (Å²) in [6.45, 7) is 3.39. The van der Waals surface area contributed by atoms with E-state index in [0.29, 0.717) is 28.5 Å². The lowest BCUT2D eigenvalue weighted by Gasteiger charge is -2.29. The van der Waals surface area contributed by atoms with Crippen LogP contribution in [0.1, 0.15) is 121 Å². The number of fused-ring (bicyclic) bond motifs is 1. The highest BCUT2D eigenvalue weighted by Gasteiger charge is 2.38. The predicted octanol–water partition coefficient (Wildman–Crippen LogP) is -6.64. The van der Waals surface area contributed by atoms with Crippen molar-refractivity contribution in [3.8, 4) is 0 Å². The Morgan fingerprint density at radius 3 is 1.24 bits per heavy atom. The number of aromatic nitrogens is 1. The molecule has 1 heterocycles. The smallest absolute Gasteiger partial charge is 0.326 e. The summed E-state index contributed by atoms with van der Waals surface area (Å²) in [5, 5.41) is 69.0. The van der Waals surface area contributed by atoms with Gasteiger partial charge in [0.25, 0.3) is 0 Å². The molecule has 0 radical (unpaired) electrons. The number of unbranched alkanes of at least 4 members (excludes halogenated alkanes) is 1. The van der Waals surface area contributed by atoms with E-state index in [1.807, 2.05) is 0 Å². The first kappa shape index (κ1) is 97.7. The molecule has 0 fully saturated rings. The van der Waals surface area contributed by atoms with E-state index in [-0.39, 0.29) is 114 Å². The molecule has 1 aromatic heterocycles. The summed E-state index contributed by atoms with van der Waals surface area (Å²) in [7, 11) is 0. The number of hydrogen-bond donors (Lipinski definition) is 28. The molecule has 0 bridgehead atoms. The van der Waals surface area contributed by atoms with Crippen LogP contribution in [-0.2, 0) is 84.8 Å². The van der Waals surface area contributed by atoms with E-state index in [9.17, 15) is 72.2 Å². The number of carbonyl (C=O) groups is 15. The minimum absolute atomic E-state index is 0.00116. The molecule has 35 N–H and O–H groups in total. The van der Waals surface area contributed by atoms with Crippen LogP contribution in [0.15, 0.2) is 60.8 Å². The summed E-state index contributed by atoms with van der Waals surface area (Å²) in [5.41, 5.74) is 46.6. The summed E-state index contributed by atoms with van der Waals surface area (Å²) in [6.07, 6.45) is -0.262. The van der Waals surface area contributed by atoms with Gasteiger partial charge in [0.05, 0.1) is 12.5 Å². The molecule has 3 aromatic rings. The third-order valence-electron chi connectivity index (χ3n) is 17.8. The first-order valence-corrected chi connectivity index (χ1v) is 39.3. The van der Waals surface area contributed by atoms with Crippen LogP contribution in [0, 0.1) is 22.1 Å². The molecule has 0 saturated heterocycles. The molecule has 0 aliphatic rings. The standard InChI is InChI=1S/C71H114N26O16S2/c1-37(2)56(67(111)93-49(68(112)113)21-13-30-85-71(81)82)97-63(107)43(18-9-10-27-72)87-58(102)44(19-11-28-83-69(77)78)89-62(106)48(26-31-115-3)92-66(110)52(34-55(76)100)96-59(103)45(20-12-29-84-70(79)80)88-60(104)46(22-24-53(74)98)91-65(109)51(33-39-35-86-42-17-8-7-16-40(39)42)95-61(105)47(23-25-54(75)99)90-64(108)50(94-57(101)41(73)36-114)32-38-14-5-4-6-15-38/h4-8,14-17,35,37,41,43-52,56,86,114H,9-13,18-34,36,72-73H2,1-3H3,(H2,74,98)(H2,75,99)(H2,76,100)(H,87,102)(H,88,104)(H,89,106)(H,90,108)(H,91,109)(H,92,110)(H,93,111)(H,94,101)(H,95,105)(H,96,103)(H,97,107)(H,112,113)(H4,77,78,83)(H4,79,80,84)(H4,81,82,85)/t41-,43-,44-,45-,46-,47-,48-,49-,50-,51-,52-,56-/m0/s1. The van der Waals surface area contributed by atoms with Crippen molar-refractivity contribution in [2.24, 2.45) is 51.8 Å². The zero-order valence-electron chi connectivity index (χ0n) is 64.6. The number of nitrogens with one attached hydrogen (secondary N) is 18. The number of thioether (sulfide) groups is 1. The van der Waals surface area contributed by atoms with Crippen LogP contribution in [0.5, 0.6) is 0 Å². The number of benzene rings is 2. The highest BCUT2D eigenvalue weighted by Crippen LogP contribution is 2.21. The average molecular weight is 1650 g/mol. The number of amides is 14. The second-order valence-corrected chi connectivity index (χ2v) is 28.8. The zero-order chi connectivity index (χ0) is 85.9. The van der Waals surface area contributed by atoms with Gasteiger partial charge in [0.15, 0.2) is 17.9 Å². The van der Waals surface area contributed by atoms with Gasteiger partial charge in [-0.05, 0) is 119 Å². The number of carboxylic acid groups (broad SMARTS) is 1. The van der Waals surface area contributed by atoms with Gasteiger partial charge in [-0.3, -0.25) is 83.4 Å². The maximum atomic E-state index is 15.0. The fourth-order valence-electron chi connectivity index (χ4n) is 11.5. The number of thiol groups is 1. The number of hydrogen-bond acceptors (Lipinski definition) is 22. The normalized spacial score (nSPS) is 14.1. The van der Waals surface area contributed by atoms with E-state index in [1.54, 1.807) is 80.9 Å². The summed E-state index contributed by atoms with van der Waals surface area (Å²) >= 11 is 5.33. The van der Waals surface area contributed by atoms with E-state index >= 15 is 4.79 Å². The van der Waals surface area contributed by atoms with Crippen molar-refractivity contribution in [3.63, 3.8) is 0 Å². The van der Waals surface area contributed by atoms with Gasteiger partial charge in [0.1, 0.15) is 66.5 Å². The lowest BCUT2D eigenvalue weighted by molar-refractivity contribution is -0.143. The maximum Gasteiger partial charge on any atom is 0.326 e. The fraction of sp³-hybridized carbons (Fsp3) is 0.549. The van der Waals surface area contributed by atoms with Gasteiger partial charge in [-0.25, -0.2) is 4.79 Å². The Morgan fingerprint density at radius 1 is 0.443 bits per heavy atom. The molecule has 0 saturated carbocycles. The second-order valence-electron chi connectivity index (χ2n) is 27.4. The lowest BCUT2D eigenvalue weighted by atomic mass is 10.0. The molecule has 0 unspecified atom stereocenters. The molecule has 14 amide bonds. The lowest BCUT2D eigenvalue weighted by Crippen LogP contribution is -2.61. The van der Waals surface area contributed by atoms with Gasteiger partial charge in [-0.1, -0.05) is 62.4 Å². The highest BCUT2D eigenvalue weighted by atomic mass is 32.2. The summed E-state index contributed by atoms with van der Waals surface area (Å²) in [4.78, 5) is 211. The van der Waals surface area contributed by atoms with Crippen LogP contribution >= 0.6 is 24.4 Å². The van der Waals surface area contributed by atoms with Crippen molar-refractivity contribution >= 4 is 142 Å². The molecule has 2 aromatic carbocycles. The largest absolute Gasteiger partial charge is 0.480 e. The van der Waals surface area contributed by atoms with Crippen molar-refractivity contribution in [2.45, 2.75) is 196 Å². The van der Waals surface area contributed by atoms with Crippen molar-refractivity contribution in [1.82, 2.24) is 79.4 Å². The van der Waals surface area contributed by atoms with Gasteiger partial charge in [0, 0.05) is 68.2 Å². The van der Waals surface area contributed by atoms with Crippen LogP contribution in [-0.4, -0.2) is 233 Å². The SMILES string of the molecule is CSCC[C@H](NC(=O)[C@H](CC(N)=O)NC(=O)[C@H](CCCNC(=N)N)NC(=O)[C@H](CCC(N)=O)NC(=O)[C@H](Cc1c[nH]c2ccccc12)NC(=O)[C@H](CCC(N)=O)NC(=O)[C@H](Cc1ccccc1)NC(=O)[C@@H](N)CS)C(=O)N[C@@H](CCCNC(=N)N)C(=O)N[C@@H](CCCCN)C(=O)N[C@H](C(=O)N[C@@H](CCCNC(=N)N)C(=O)O)C(C)C. The van der Waals surface area contributed by atoms with E-state index in [2.05, 4.69) is 92.0 Å². The maximum absolute atomic E-state index is 15.0. The van der Waals surface area contributed by atoms with Gasteiger partial charge in [-0.15, -0.1) is 0 Å². The van der Waals surface area contributed by atoms with Gasteiger partial charge in [-0.2, -0.15) is 24.4 Å². The Labute approximate surface area is 674 Å². The number of guanidine groups is 3. The van der Waals surface area contributed by atoms with Crippen LogP contribution in [0.2, 0.25) is 0 Å². The molecule has 44 heteroatoms. The molecule has 3 rings (SSSR count). The van der Waals surface area contributed by atoms with Gasteiger partial charge in [0.2, 0.25) is 82.7 Å². The average Bonchev–Trinajstić information content (AvgIpc) is 1.70. The van der Waals surface area contributed by atoms with Crippen LogP contribution in [0.3, 0.4) is 0 Å². The number of para-hydroxylation sites is 1. The van der Waals surface area contributed by atoms with Crippen LogP contribution in [0.4, 0.5) is 0 Å². The summed E-state index contributed by atoms with van der Waals surface area (Å²) in [6, 6.07) is -3.20. The molecule has 42 nitrogen and oxygen atoms in total. The number of rotatable bonds is 56. The zero-order valence-corrected chi connectivity index (χ0v) is 66.3. The number of aromatic amines is 1. The first-order chi connectivity index (χ1) is 54.5. The second kappa shape index (κ2) is 52.0. The van der Waals surface area contributed by atoms with Crippen molar-refractivity contribution in [2.75, 3.05) is 43.9 Å². The Bertz CT molecular complexity index is 3820. The third kappa shape index (κ3) is 37.3. The van der Waals surface area contributed by atoms with Gasteiger partial charge < -0.3 is 130 Å². The molecular formula is C71H114N26O16S2. The Kier molecular flexibility index (Phi) is 44.1. The topological polar surface area (TPSA) is 740 Å². The Morgan fingerprint density at radius 2 is 0.817 bits per heavy atom. The molecule has 636 valence electrons. The van der Waals surface area contributed by atoms with Crippen LogP contribution in [0.25, 0.3) is 10.9 Å². The molecule has 12 atom stereocenters. The molecule has 0 spiro atoms.